The van der Waals surface area contributed by atoms with Crippen LogP contribution in [0.3, 0.4) is 0 Å². The van der Waals surface area contributed by atoms with E-state index in [1.807, 2.05) is 19.1 Å². The fraction of sp³-hybridized carbons (Fsp3) is 0.231. The fourth-order valence-electron chi connectivity index (χ4n) is 1.74. The summed E-state index contributed by atoms with van der Waals surface area (Å²) >= 11 is 0. The molecule has 0 aliphatic rings. The summed E-state index contributed by atoms with van der Waals surface area (Å²) in [4.78, 5) is 8.56. The second kappa shape index (κ2) is 4.93. The molecule has 17 heavy (non-hydrogen) atoms. The number of hydrogen-bond donors (Lipinski definition) is 2. The zero-order valence-corrected chi connectivity index (χ0v) is 9.72. The number of phenolic OH excluding ortho intramolecular Hbond substituents is 1. The summed E-state index contributed by atoms with van der Waals surface area (Å²) < 4.78 is 0. The minimum atomic E-state index is 0.226. The molecule has 0 spiro atoms. The van der Waals surface area contributed by atoms with Crippen molar-refractivity contribution in [1.29, 1.82) is 0 Å². The summed E-state index contributed by atoms with van der Waals surface area (Å²) in [6.45, 7) is 2.36. The molecule has 0 fully saturated rings. The van der Waals surface area contributed by atoms with E-state index in [9.17, 15) is 5.11 Å². The Labute approximate surface area is 100 Å². The molecule has 0 radical (unpaired) electrons. The average Bonchev–Trinajstić information content (AvgIpc) is 2.32. The molecule has 0 aliphatic carbocycles. The molecular weight excluding hydrogens is 214 g/mol. The number of hydrogen-bond acceptors (Lipinski definition) is 4. The van der Waals surface area contributed by atoms with Crippen LogP contribution >= 0.6 is 0 Å². The van der Waals surface area contributed by atoms with Crippen molar-refractivity contribution in [2.24, 2.45) is 5.73 Å². The molecule has 0 saturated carbocycles. The van der Waals surface area contributed by atoms with Crippen LogP contribution in [0.15, 0.2) is 30.5 Å². The highest BCUT2D eigenvalue weighted by Crippen LogP contribution is 2.29. The topological polar surface area (TPSA) is 72.0 Å². The molecule has 2 rings (SSSR count). The Morgan fingerprint density at radius 1 is 1.29 bits per heavy atom. The second-order valence-electron chi connectivity index (χ2n) is 3.85. The van der Waals surface area contributed by atoms with Crippen LogP contribution in [0.4, 0.5) is 0 Å². The molecule has 0 unspecified atom stereocenters. The lowest BCUT2D eigenvalue weighted by atomic mass is 10.0. The maximum Gasteiger partial charge on any atom is 0.125 e. The SMILES string of the molecule is Cc1ncc(CCN)c(-c2ccccc2O)n1. The largest absolute Gasteiger partial charge is 0.507 e. The van der Waals surface area contributed by atoms with E-state index < -0.39 is 0 Å². The van der Waals surface area contributed by atoms with E-state index in [2.05, 4.69) is 9.97 Å². The molecule has 3 N–H and O–H groups in total. The summed E-state index contributed by atoms with van der Waals surface area (Å²) in [6, 6.07) is 7.16. The third kappa shape index (κ3) is 2.42. The van der Waals surface area contributed by atoms with Gasteiger partial charge in [0.25, 0.3) is 0 Å². The first-order chi connectivity index (χ1) is 8.22. The lowest BCUT2D eigenvalue weighted by Crippen LogP contribution is -2.06. The van der Waals surface area contributed by atoms with Crippen molar-refractivity contribution >= 4 is 0 Å². The molecule has 4 heteroatoms. The van der Waals surface area contributed by atoms with Crippen LogP contribution in [0, 0.1) is 6.92 Å². The quantitative estimate of drug-likeness (QED) is 0.839. The Balaban J connectivity index is 2.57. The van der Waals surface area contributed by atoms with Crippen molar-refractivity contribution in [3.8, 4) is 17.0 Å². The molecule has 4 nitrogen and oxygen atoms in total. The van der Waals surface area contributed by atoms with Gasteiger partial charge in [-0.3, -0.25) is 0 Å². The zero-order valence-electron chi connectivity index (χ0n) is 9.72. The number of rotatable bonds is 3. The molecule has 2 aromatic rings. The van der Waals surface area contributed by atoms with Gasteiger partial charge in [-0.1, -0.05) is 12.1 Å². The number of nitrogens with zero attached hydrogens (tertiary/aromatic N) is 2. The summed E-state index contributed by atoms with van der Waals surface area (Å²) in [5.74, 6) is 0.910. The number of aromatic hydroxyl groups is 1. The Kier molecular flexibility index (Phi) is 3.35. The monoisotopic (exact) mass is 229 g/mol. The van der Waals surface area contributed by atoms with Crippen LogP contribution in [0.25, 0.3) is 11.3 Å². The highest BCUT2D eigenvalue weighted by atomic mass is 16.3. The van der Waals surface area contributed by atoms with Gasteiger partial charge in [0.2, 0.25) is 0 Å². The molecule has 0 amide bonds. The molecule has 1 aromatic heterocycles. The number of nitrogens with two attached hydrogens (primary N) is 1. The number of phenols is 1. The first-order valence-corrected chi connectivity index (χ1v) is 5.53. The van der Waals surface area contributed by atoms with Gasteiger partial charge in [0, 0.05) is 11.8 Å². The number of benzene rings is 1. The Hall–Kier alpha value is -1.94. The van der Waals surface area contributed by atoms with Crippen molar-refractivity contribution in [3.05, 3.63) is 41.9 Å². The maximum absolute atomic E-state index is 9.86. The van der Waals surface area contributed by atoms with Gasteiger partial charge in [0.15, 0.2) is 0 Å². The van der Waals surface area contributed by atoms with Crippen molar-refractivity contribution in [2.45, 2.75) is 13.3 Å². The summed E-state index contributed by atoms with van der Waals surface area (Å²) in [5.41, 5.74) is 8.01. The molecule has 0 saturated heterocycles. The van der Waals surface area contributed by atoms with Crippen LogP contribution in [-0.4, -0.2) is 21.6 Å². The van der Waals surface area contributed by atoms with Gasteiger partial charge in [0.05, 0.1) is 5.69 Å². The van der Waals surface area contributed by atoms with Gasteiger partial charge in [-0.2, -0.15) is 0 Å². The Morgan fingerprint density at radius 2 is 2.06 bits per heavy atom. The van der Waals surface area contributed by atoms with E-state index in [0.29, 0.717) is 18.8 Å². The first kappa shape index (κ1) is 11.5. The molecule has 88 valence electrons. The van der Waals surface area contributed by atoms with Gasteiger partial charge in [-0.05, 0) is 37.6 Å². The third-order valence-electron chi connectivity index (χ3n) is 2.56. The maximum atomic E-state index is 9.86. The summed E-state index contributed by atoms with van der Waals surface area (Å²) in [6.07, 6.45) is 2.47. The highest BCUT2D eigenvalue weighted by molar-refractivity contribution is 5.69. The molecule has 0 bridgehead atoms. The number of aryl methyl sites for hydroxylation is 1. The summed E-state index contributed by atoms with van der Waals surface area (Å²) in [7, 11) is 0. The van der Waals surface area contributed by atoms with E-state index in [0.717, 1.165) is 16.8 Å². The lowest BCUT2D eigenvalue weighted by Gasteiger charge is -2.09. The Bertz CT molecular complexity index is 526. The van der Waals surface area contributed by atoms with Crippen LogP contribution in [-0.2, 0) is 6.42 Å². The molecular formula is C13H15N3O. The smallest absolute Gasteiger partial charge is 0.125 e. The highest BCUT2D eigenvalue weighted by Gasteiger charge is 2.10. The van der Waals surface area contributed by atoms with E-state index in [4.69, 9.17) is 5.73 Å². The third-order valence-corrected chi connectivity index (χ3v) is 2.56. The van der Waals surface area contributed by atoms with E-state index in [1.165, 1.54) is 0 Å². The van der Waals surface area contributed by atoms with Crippen molar-refractivity contribution in [2.75, 3.05) is 6.54 Å². The minimum Gasteiger partial charge on any atom is -0.507 e. The molecule has 0 aliphatic heterocycles. The van der Waals surface area contributed by atoms with E-state index in [1.54, 1.807) is 18.3 Å². The standard InChI is InChI=1S/C13H15N3O/c1-9-15-8-10(6-7-14)13(16-9)11-4-2-3-5-12(11)17/h2-5,8,17H,6-7,14H2,1H3. The van der Waals surface area contributed by atoms with Crippen LogP contribution in [0.1, 0.15) is 11.4 Å². The van der Waals surface area contributed by atoms with Gasteiger partial charge >= 0.3 is 0 Å². The number of para-hydroxylation sites is 1. The fourth-order valence-corrected chi connectivity index (χ4v) is 1.74. The number of aromatic nitrogens is 2. The lowest BCUT2D eigenvalue weighted by molar-refractivity contribution is 0.477. The van der Waals surface area contributed by atoms with E-state index >= 15 is 0 Å². The van der Waals surface area contributed by atoms with Gasteiger partial charge in [-0.15, -0.1) is 0 Å². The zero-order chi connectivity index (χ0) is 12.3. The minimum absolute atomic E-state index is 0.226. The van der Waals surface area contributed by atoms with Crippen molar-refractivity contribution in [1.82, 2.24) is 9.97 Å². The van der Waals surface area contributed by atoms with Crippen LogP contribution in [0.2, 0.25) is 0 Å². The predicted octanol–water partition coefficient (Wildman–Crippen LogP) is 1.66. The first-order valence-electron chi connectivity index (χ1n) is 5.53. The normalized spacial score (nSPS) is 10.5. The van der Waals surface area contributed by atoms with Crippen LogP contribution < -0.4 is 5.73 Å². The van der Waals surface area contributed by atoms with Crippen LogP contribution in [0.5, 0.6) is 5.75 Å². The molecule has 0 atom stereocenters. The second-order valence-corrected chi connectivity index (χ2v) is 3.85. The van der Waals surface area contributed by atoms with Crippen molar-refractivity contribution < 1.29 is 5.11 Å². The summed E-state index contributed by atoms with van der Waals surface area (Å²) in [5, 5.41) is 9.86. The predicted molar refractivity (Wildman–Crippen MR) is 66.6 cm³/mol. The Morgan fingerprint density at radius 3 is 2.76 bits per heavy atom. The van der Waals surface area contributed by atoms with E-state index in [-0.39, 0.29) is 5.75 Å². The van der Waals surface area contributed by atoms with Gasteiger partial charge in [-0.25, -0.2) is 9.97 Å². The van der Waals surface area contributed by atoms with Crippen molar-refractivity contribution in [3.63, 3.8) is 0 Å². The van der Waals surface area contributed by atoms with Gasteiger partial charge in [0.1, 0.15) is 11.6 Å². The molecule has 1 aromatic carbocycles. The molecule has 1 heterocycles. The van der Waals surface area contributed by atoms with Gasteiger partial charge < -0.3 is 10.8 Å². The average molecular weight is 229 g/mol.